The van der Waals surface area contributed by atoms with E-state index in [9.17, 15) is 37.5 Å². The van der Waals surface area contributed by atoms with Crippen molar-refractivity contribution in [1.29, 1.82) is 0 Å². The number of fused-ring (bicyclic) bond motifs is 3. The molecule has 2 saturated heterocycles. The third-order valence-corrected chi connectivity index (χ3v) is 11.7. The number of carbonyl (C=O) groups is 4. The summed E-state index contributed by atoms with van der Waals surface area (Å²) < 4.78 is 40.2. The first-order valence-corrected chi connectivity index (χ1v) is 20.0. The van der Waals surface area contributed by atoms with Crippen molar-refractivity contribution < 1.29 is 37.5 Å². The second-order valence-corrected chi connectivity index (χ2v) is 18.9. The van der Waals surface area contributed by atoms with Crippen molar-refractivity contribution in [1.82, 2.24) is 15.5 Å². The van der Waals surface area contributed by atoms with Gasteiger partial charge in [0.1, 0.15) is 17.8 Å². The van der Waals surface area contributed by atoms with Gasteiger partial charge >= 0.3 is 6.18 Å². The number of ketones is 1. The molecule has 54 heavy (non-hydrogen) atoms. The highest BCUT2D eigenvalue weighted by Crippen LogP contribution is 2.43. The summed E-state index contributed by atoms with van der Waals surface area (Å²) in [4.78, 5) is 56.2. The molecule has 5 rings (SSSR count). The molecule has 2 bridgehead atoms. The Hall–Kier alpha value is -3.54. The van der Waals surface area contributed by atoms with Crippen LogP contribution >= 0.6 is 11.8 Å². The molecule has 2 heterocycles. The standard InChI is InChI=1S/C42H58F3N3O5S/c1-23(2)32(36(50)42(43,44)45)46-38(52)34-26-15-17-28(18-16-26)48(34)39(53)33(24(3)4)47-37(51)27-13-11-25(12-14-27)19-20-54-29-21-30(40(5,6)7)35(49)31(22-29)41(8,9)10/h11-14,21-24,26,28,32-34,49H,15-20H2,1-10H3,(H,46,52)(H,47,51)/t26?,28?,32-,33-,34-/m0/s1. The third-order valence-electron chi connectivity index (χ3n) is 10.7. The number of rotatable bonds is 12. The lowest BCUT2D eigenvalue weighted by Crippen LogP contribution is -2.67. The average Bonchev–Trinajstić information content (AvgIpc) is 3.08. The first kappa shape index (κ1) is 43.2. The molecule has 3 N–H and O–H groups in total. The Morgan fingerprint density at radius 3 is 1.80 bits per heavy atom. The van der Waals surface area contributed by atoms with Crippen LogP contribution < -0.4 is 10.6 Å². The van der Waals surface area contributed by atoms with Crippen molar-refractivity contribution in [3.8, 4) is 5.75 Å². The number of thioether (sulfide) groups is 1. The number of aryl methyl sites for hydroxylation is 1. The fourth-order valence-corrected chi connectivity index (χ4v) is 8.58. The molecular formula is C42H58F3N3O5S. The molecule has 0 radical (unpaired) electrons. The summed E-state index contributed by atoms with van der Waals surface area (Å²) in [6, 6.07) is 7.25. The summed E-state index contributed by atoms with van der Waals surface area (Å²) in [5, 5.41) is 16.3. The van der Waals surface area contributed by atoms with E-state index >= 15 is 0 Å². The molecule has 2 aliphatic heterocycles. The minimum absolute atomic E-state index is 0.224. The number of amides is 3. The van der Waals surface area contributed by atoms with E-state index in [4.69, 9.17) is 0 Å². The van der Waals surface area contributed by atoms with Gasteiger partial charge in [-0.05, 0) is 90.5 Å². The molecular weight excluding hydrogens is 716 g/mol. The fourth-order valence-electron chi connectivity index (χ4n) is 7.60. The maximum Gasteiger partial charge on any atom is 0.452 e. The number of phenolic OH excluding ortho intramolecular Hbond substituents is 1. The van der Waals surface area contributed by atoms with Gasteiger partial charge in [0.25, 0.3) is 11.7 Å². The van der Waals surface area contributed by atoms with Gasteiger partial charge in [-0.15, -0.1) is 11.8 Å². The van der Waals surface area contributed by atoms with Crippen LogP contribution in [0.25, 0.3) is 0 Å². The van der Waals surface area contributed by atoms with Crippen LogP contribution in [0.1, 0.15) is 122 Å². The molecule has 3 amide bonds. The minimum Gasteiger partial charge on any atom is -0.507 e. The Morgan fingerprint density at radius 1 is 0.815 bits per heavy atom. The average molecular weight is 774 g/mol. The summed E-state index contributed by atoms with van der Waals surface area (Å²) in [6.07, 6.45) is -1.80. The van der Waals surface area contributed by atoms with Gasteiger partial charge in [-0.2, -0.15) is 13.2 Å². The zero-order chi connectivity index (χ0) is 40.5. The minimum atomic E-state index is -5.12. The molecule has 298 valence electrons. The van der Waals surface area contributed by atoms with Crippen LogP contribution in [0, 0.1) is 17.8 Å². The molecule has 0 aromatic heterocycles. The van der Waals surface area contributed by atoms with Gasteiger partial charge in [0, 0.05) is 33.4 Å². The monoisotopic (exact) mass is 773 g/mol. The predicted molar refractivity (Wildman–Crippen MR) is 207 cm³/mol. The zero-order valence-corrected chi connectivity index (χ0v) is 34.1. The fraction of sp³-hybridized carbons (Fsp3) is 0.619. The Bertz CT molecular complexity index is 1650. The van der Waals surface area contributed by atoms with Crippen molar-refractivity contribution >= 4 is 35.3 Å². The van der Waals surface area contributed by atoms with Crippen LogP contribution in [-0.2, 0) is 31.6 Å². The van der Waals surface area contributed by atoms with Gasteiger partial charge in [0.05, 0.1) is 6.04 Å². The maximum atomic E-state index is 14.3. The van der Waals surface area contributed by atoms with E-state index in [1.807, 2.05) is 12.1 Å². The van der Waals surface area contributed by atoms with Crippen LogP contribution in [0.5, 0.6) is 5.75 Å². The Labute approximate surface area is 322 Å². The molecule has 8 nitrogen and oxygen atoms in total. The number of alkyl halides is 3. The van der Waals surface area contributed by atoms with E-state index in [1.165, 1.54) is 18.7 Å². The topological polar surface area (TPSA) is 116 Å². The lowest BCUT2D eigenvalue weighted by Gasteiger charge is -2.51. The van der Waals surface area contributed by atoms with Crippen LogP contribution in [0.3, 0.4) is 0 Å². The number of phenols is 1. The Kier molecular flexibility index (Phi) is 13.3. The lowest BCUT2D eigenvalue weighted by atomic mass is 9.73. The summed E-state index contributed by atoms with van der Waals surface area (Å²) in [5.41, 5.74) is 2.78. The smallest absolute Gasteiger partial charge is 0.452 e. The third kappa shape index (κ3) is 10.0. The predicted octanol–water partition coefficient (Wildman–Crippen LogP) is 8.12. The SMILES string of the molecule is CC(C)[C@H](NC(=O)c1ccc(CCSc2cc(C(C)(C)C)c(O)c(C(C)(C)C)c2)cc1)C(=O)N1C2CCC(CC2)[C@H]1C(=O)N[C@H](C(=O)C(F)(F)F)C(C)C. The summed E-state index contributed by atoms with van der Waals surface area (Å²) in [7, 11) is 0. The number of aromatic hydroxyl groups is 1. The summed E-state index contributed by atoms with van der Waals surface area (Å²) >= 11 is 1.71. The van der Waals surface area contributed by atoms with Gasteiger partial charge in [0.15, 0.2) is 0 Å². The first-order chi connectivity index (χ1) is 24.9. The highest BCUT2D eigenvalue weighted by atomic mass is 32.2. The van der Waals surface area contributed by atoms with E-state index < -0.39 is 53.7 Å². The highest BCUT2D eigenvalue weighted by molar-refractivity contribution is 7.99. The maximum absolute atomic E-state index is 14.3. The van der Waals surface area contributed by atoms with E-state index in [0.717, 1.165) is 33.8 Å². The molecule has 1 saturated carbocycles. The quantitative estimate of drug-likeness (QED) is 0.188. The van der Waals surface area contributed by atoms with Gasteiger partial charge in [-0.3, -0.25) is 19.2 Å². The molecule has 2 aromatic rings. The van der Waals surface area contributed by atoms with E-state index in [-0.39, 0.29) is 28.7 Å². The van der Waals surface area contributed by atoms with E-state index in [1.54, 1.807) is 37.7 Å². The van der Waals surface area contributed by atoms with E-state index in [2.05, 4.69) is 64.3 Å². The number of carbonyl (C=O) groups excluding carboxylic acids is 4. The van der Waals surface area contributed by atoms with Gasteiger partial charge in [-0.1, -0.05) is 81.4 Å². The molecule has 2 aromatic carbocycles. The lowest BCUT2D eigenvalue weighted by molar-refractivity contribution is -0.175. The molecule has 12 heteroatoms. The molecule has 1 aliphatic carbocycles. The van der Waals surface area contributed by atoms with Gasteiger partial charge < -0.3 is 20.6 Å². The van der Waals surface area contributed by atoms with Crippen LogP contribution in [0.2, 0.25) is 0 Å². The zero-order valence-electron chi connectivity index (χ0n) is 33.3. The molecule has 3 aliphatic rings. The number of halogens is 3. The van der Waals surface area contributed by atoms with E-state index in [0.29, 0.717) is 37.0 Å². The van der Waals surface area contributed by atoms with Gasteiger partial charge in [-0.25, -0.2) is 0 Å². The molecule has 3 fully saturated rings. The van der Waals surface area contributed by atoms with Crippen molar-refractivity contribution in [3.05, 3.63) is 58.7 Å². The van der Waals surface area contributed by atoms with Gasteiger partial charge in [0.2, 0.25) is 11.8 Å². The van der Waals surface area contributed by atoms with Crippen molar-refractivity contribution in [3.63, 3.8) is 0 Å². The summed E-state index contributed by atoms with van der Waals surface area (Å²) in [5.74, 6) is -4.01. The Morgan fingerprint density at radius 2 is 1.33 bits per heavy atom. The van der Waals surface area contributed by atoms with Crippen LogP contribution in [0.15, 0.2) is 41.3 Å². The normalized spacial score (nSPS) is 20.2. The number of hydrogen-bond donors (Lipinski definition) is 3. The van der Waals surface area contributed by atoms with Crippen LogP contribution in [-0.4, -0.2) is 69.6 Å². The second-order valence-electron chi connectivity index (χ2n) is 17.7. The number of nitrogens with one attached hydrogen (secondary N) is 2. The number of nitrogens with zero attached hydrogens (tertiary/aromatic N) is 1. The second kappa shape index (κ2) is 16.7. The number of benzene rings is 2. The molecule has 3 atom stereocenters. The van der Waals surface area contributed by atoms with Crippen LogP contribution in [0.4, 0.5) is 13.2 Å². The number of piperidine rings is 2. The highest BCUT2D eigenvalue weighted by Gasteiger charge is 2.51. The Balaban J connectivity index is 1.45. The molecule has 0 spiro atoms. The molecule has 0 unspecified atom stereocenters. The number of Topliss-reactive ketones (excluding diaryl/α,β-unsaturated/α-hetero) is 1. The first-order valence-electron chi connectivity index (χ1n) is 19.1. The van der Waals surface area contributed by atoms with Crippen molar-refractivity contribution in [2.75, 3.05) is 5.75 Å². The summed E-state index contributed by atoms with van der Waals surface area (Å²) in [6.45, 7) is 19.0. The van der Waals surface area contributed by atoms with Crippen molar-refractivity contribution in [2.24, 2.45) is 17.8 Å². The largest absolute Gasteiger partial charge is 0.507 e. The number of hydrogen-bond acceptors (Lipinski definition) is 6. The van der Waals surface area contributed by atoms with Crippen molar-refractivity contribution in [2.45, 2.75) is 147 Å².